The lowest BCUT2D eigenvalue weighted by molar-refractivity contribution is 0.145. The van der Waals surface area contributed by atoms with Gasteiger partial charge < -0.3 is 15.1 Å². The SMILES string of the molecule is O=C(N1CCCC1)N(CC1CCNCC1)C1CC1. The first-order chi connectivity index (χ1) is 8.84. The molecule has 0 spiro atoms. The van der Waals surface area contributed by atoms with Gasteiger partial charge >= 0.3 is 6.03 Å². The van der Waals surface area contributed by atoms with Gasteiger partial charge in [0.25, 0.3) is 0 Å². The maximum absolute atomic E-state index is 12.5. The molecule has 0 unspecified atom stereocenters. The summed E-state index contributed by atoms with van der Waals surface area (Å²) in [4.78, 5) is 16.8. The summed E-state index contributed by atoms with van der Waals surface area (Å²) in [6, 6.07) is 0.890. The van der Waals surface area contributed by atoms with Gasteiger partial charge in [-0.2, -0.15) is 0 Å². The van der Waals surface area contributed by atoms with Crippen LogP contribution in [0.3, 0.4) is 0 Å². The first kappa shape index (κ1) is 12.3. The fraction of sp³-hybridized carbons (Fsp3) is 0.929. The highest BCUT2D eigenvalue weighted by Gasteiger charge is 2.36. The van der Waals surface area contributed by atoms with Gasteiger partial charge in [-0.05, 0) is 57.5 Å². The van der Waals surface area contributed by atoms with Gasteiger partial charge in [0.15, 0.2) is 0 Å². The molecule has 102 valence electrons. The zero-order valence-corrected chi connectivity index (χ0v) is 11.2. The van der Waals surface area contributed by atoms with E-state index >= 15 is 0 Å². The van der Waals surface area contributed by atoms with Crippen LogP contribution in [-0.2, 0) is 0 Å². The highest BCUT2D eigenvalue weighted by Crippen LogP contribution is 2.30. The molecule has 0 radical (unpaired) electrons. The number of nitrogens with one attached hydrogen (secondary N) is 1. The van der Waals surface area contributed by atoms with E-state index in [0.29, 0.717) is 12.1 Å². The van der Waals surface area contributed by atoms with Gasteiger partial charge in [0, 0.05) is 25.7 Å². The molecule has 0 aromatic rings. The zero-order chi connectivity index (χ0) is 12.4. The Bertz CT molecular complexity index is 291. The maximum Gasteiger partial charge on any atom is 0.320 e. The lowest BCUT2D eigenvalue weighted by Crippen LogP contribution is -2.46. The molecule has 2 amide bonds. The third-order valence-electron chi connectivity index (χ3n) is 4.52. The van der Waals surface area contributed by atoms with Gasteiger partial charge in [-0.3, -0.25) is 0 Å². The number of carbonyl (C=O) groups excluding carboxylic acids is 1. The molecular formula is C14H25N3O. The van der Waals surface area contributed by atoms with Gasteiger partial charge in [-0.25, -0.2) is 4.79 Å². The molecular weight excluding hydrogens is 226 g/mol. The maximum atomic E-state index is 12.5. The minimum atomic E-state index is 0.327. The van der Waals surface area contributed by atoms with Crippen LogP contribution in [0.15, 0.2) is 0 Å². The lowest BCUT2D eigenvalue weighted by atomic mass is 9.97. The fourth-order valence-electron chi connectivity index (χ4n) is 3.20. The summed E-state index contributed by atoms with van der Waals surface area (Å²) in [6.45, 7) is 5.21. The van der Waals surface area contributed by atoms with Crippen molar-refractivity contribution >= 4 is 6.03 Å². The largest absolute Gasteiger partial charge is 0.325 e. The number of hydrogen-bond donors (Lipinski definition) is 1. The van der Waals surface area contributed by atoms with Crippen LogP contribution in [0.4, 0.5) is 4.79 Å². The Morgan fingerprint density at radius 3 is 2.39 bits per heavy atom. The van der Waals surface area contributed by atoms with Crippen LogP contribution in [0.5, 0.6) is 0 Å². The Hall–Kier alpha value is -0.770. The van der Waals surface area contributed by atoms with Gasteiger partial charge in [-0.1, -0.05) is 0 Å². The molecule has 2 saturated heterocycles. The van der Waals surface area contributed by atoms with E-state index in [1.165, 1.54) is 38.5 Å². The van der Waals surface area contributed by atoms with Crippen LogP contribution in [0.1, 0.15) is 38.5 Å². The molecule has 18 heavy (non-hydrogen) atoms. The lowest BCUT2D eigenvalue weighted by Gasteiger charge is -2.33. The van der Waals surface area contributed by atoms with Crippen LogP contribution in [0, 0.1) is 5.92 Å². The molecule has 2 aliphatic heterocycles. The highest BCUT2D eigenvalue weighted by atomic mass is 16.2. The van der Waals surface area contributed by atoms with E-state index in [4.69, 9.17) is 0 Å². The van der Waals surface area contributed by atoms with Crippen molar-refractivity contribution in [3.63, 3.8) is 0 Å². The summed E-state index contributed by atoms with van der Waals surface area (Å²) in [6.07, 6.45) is 7.30. The molecule has 0 bridgehead atoms. The zero-order valence-electron chi connectivity index (χ0n) is 11.2. The van der Waals surface area contributed by atoms with Crippen molar-refractivity contribution in [3.05, 3.63) is 0 Å². The summed E-state index contributed by atoms with van der Waals surface area (Å²) in [5, 5.41) is 3.40. The Morgan fingerprint density at radius 1 is 1.11 bits per heavy atom. The number of nitrogens with zero attached hydrogens (tertiary/aromatic N) is 2. The quantitative estimate of drug-likeness (QED) is 0.828. The second-order valence-electron chi connectivity index (χ2n) is 6.05. The Morgan fingerprint density at radius 2 is 1.78 bits per heavy atom. The van der Waals surface area contributed by atoms with Crippen molar-refractivity contribution < 1.29 is 4.79 Å². The van der Waals surface area contributed by atoms with Crippen LogP contribution < -0.4 is 5.32 Å². The molecule has 0 aromatic heterocycles. The predicted molar refractivity (Wildman–Crippen MR) is 71.5 cm³/mol. The average Bonchev–Trinajstić information content (AvgIpc) is 3.10. The Balaban J connectivity index is 1.58. The number of piperidine rings is 1. The molecule has 0 atom stereocenters. The monoisotopic (exact) mass is 251 g/mol. The molecule has 4 heteroatoms. The second-order valence-corrected chi connectivity index (χ2v) is 6.05. The van der Waals surface area contributed by atoms with Gasteiger partial charge in [0.2, 0.25) is 0 Å². The minimum absolute atomic E-state index is 0.327. The van der Waals surface area contributed by atoms with Crippen molar-refractivity contribution in [1.82, 2.24) is 15.1 Å². The van der Waals surface area contributed by atoms with Crippen molar-refractivity contribution in [2.45, 2.75) is 44.6 Å². The van der Waals surface area contributed by atoms with Gasteiger partial charge in [-0.15, -0.1) is 0 Å². The molecule has 0 aromatic carbocycles. The van der Waals surface area contributed by atoms with Crippen molar-refractivity contribution in [3.8, 4) is 0 Å². The number of urea groups is 1. The normalized spacial score (nSPS) is 25.4. The molecule has 1 N–H and O–H groups in total. The van der Waals surface area contributed by atoms with E-state index in [-0.39, 0.29) is 0 Å². The second kappa shape index (κ2) is 5.47. The molecule has 3 rings (SSSR count). The van der Waals surface area contributed by atoms with E-state index in [1.807, 2.05) is 0 Å². The first-order valence-electron chi connectivity index (χ1n) is 7.61. The summed E-state index contributed by atoms with van der Waals surface area (Å²) in [7, 11) is 0. The van der Waals surface area contributed by atoms with Crippen molar-refractivity contribution in [1.29, 1.82) is 0 Å². The number of carbonyl (C=O) groups is 1. The molecule has 3 fully saturated rings. The summed E-state index contributed by atoms with van der Waals surface area (Å²) < 4.78 is 0. The van der Waals surface area contributed by atoms with E-state index < -0.39 is 0 Å². The standard InChI is InChI=1S/C14H25N3O/c18-14(16-9-1-2-10-16)17(13-3-4-13)11-12-5-7-15-8-6-12/h12-13,15H,1-11H2. The number of amides is 2. The average molecular weight is 251 g/mol. The van der Waals surface area contributed by atoms with Crippen LogP contribution in [0.25, 0.3) is 0 Å². The summed E-state index contributed by atoms with van der Waals surface area (Å²) in [5.41, 5.74) is 0. The fourth-order valence-corrected chi connectivity index (χ4v) is 3.20. The van der Waals surface area contributed by atoms with E-state index in [1.54, 1.807) is 0 Å². The van der Waals surface area contributed by atoms with E-state index in [9.17, 15) is 4.79 Å². The molecule has 2 heterocycles. The van der Waals surface area contributed by atoms with Crippen molar-refractivity contribution in [2.24, 2.45) is 5.92 Å². The first-order valence-corrected chi connectivity index (χ1v) is 7.61. The van der Waals surface area contributed by atoms with Crippen LogP contribution >= 0.6 is 0 Å². The van der Waals surface area contributed by atoms with Crippen LogP contribution in [-0.4, -0.2) is 54.6 Å². The van der Waals surface area contributed by atoms with E-state index in [2.05, 4.69) is 15.1 Å². The Kier molecular flexibility index (Phi) is 3.73. The van der Waals surface area contributed by atoms with Crippen molar-refractivity contribution in [2.75, 3.05) is 32.7 Å². The molecule has 3 aliphatic rings. The number of hydrogen-bond acceptors (Lipinski definition) is 2. The minimum Gasteiger partial charge on any atom is -0.325 e. The topological polar surface area (TPSA) is 35.6 Å². The Labute approximate surface area is 110 Å². The van der Waals surface area contributed by atoms with Gasteiger partial charge in [0.05, 0.1) is 0 Å². The van der Waals surface area contributed by atoms with Gasteiger partial charge in [0.1, 0.15) is 0 Å². The third kappa shape index (κ3) is 2.79. The molecule has 4 nitrogen and oxygen atoms in total. The number of rotatable bonds is 3. The molecule has 1 saturated carbocycles. The molecule has 1 aliphatic carbocycles. The summed E-state index contributed by atoms with van der Waals surface area (Å²) >= 11 is 0. The third-order valence-corrected chi connectivity index (χ3v) is 4.52. The van der Waals surface area contributed by atoms with Crippen LogP contribution in [0.2, 0.25) is 0 Å². The smallest absolute Gasteiger partial charge is 0.320 e. The highest BCUT2D eigenvalue weighted by molar-refractivity contribution is 5.75. The predicted octanol–water partition coefficient (Wildman–Crippen LogP) is 1.67. The number of likely N-dealkylation sites (tertiary alicyclic amines) is 1. The summed E-state index contributed by atoms with van der Waals surface area (Å²) in [5.74, 6) is 0.721. The van der Waals surface area contributed by atoms with E-state index in [0.717, 1.165) is 38.6 Å².